The Morgan fingerprint density at radius 3 is 2.17 bits per heavy atom. The molecule has 1 saturated heterocycles. The summed E-state index contributed by atoms with van der Waals surface area (Å²) >= 11 is 0. The van der Waals surface area contributed by atoms with Gasteiger partial charge >= 0.3 is 0 Å². The number of hydrogen-bond acceptors (Lipinski definition) is 6. The van der Waals surface area contributed by atoms with E-state index in [9.17, 15) is 18.5 Å². The summed E-state index contributed by atoms with van der Waals surface area (Å²) in [5.41, 5.74) is 2.14. The van der Waals surface area contributed by atoms with Crippen molar-refractivity contribution in [2.75, 3.05) is 28.6 Å². The number of nitrogens with zero attached hydrogens (tertiary/aromatic N) is 2. The normalized spacial score (nSPS) is 14.7. The van der Waals surface area contributed by atoms with Crippen molar-refractivity contribution in [3.63, 3.8) is 0 Å². The molecular weight excluding hydrogens is 402 g/mol. The number of benzene rings is 2. The zero-order valence-corrected chi connectivity index (χ0v) is 17.2. The smallest absolute Gasteiger partial charge is 0.267 e. The first kappa shape index (κ1) is 21.4. The lowest BCUT2D eigenvalue weighted by Crippen LogP contribution is -2.29. The minimum atomic E-state index is -3.81. The lowest BCUT2D eigenvalue weighted by molar-refractivity contribution is -0.112. The molecule has 0 radical (unpaired) electrons. The maximum Gasteiger partial charge on any atom is 0.267 e. The number of sulfonamides is 1. The molecule has 4 N–H and O–H groups in total. The van der Waals surface area contributed by atoms with Crippen LogP contribution >= 0.6 is 0 Å². The van der Waals surface area contributed by atoms with E-state index in [0.29, 0.717) is 5.69 Å². The Balaban J connectivity index is 1.62. The Kier molecular flexibility index (Phi) is 6.72. The Morgan fingerprint density at radius 1 is 1.00 bits per heavy atom. The summed E-state index contributed by atoms with van der Waals surface area (Å²) in [5, 5.41) is 19.9. The molecule has 9 heteroatoms. The summed E-state index contributed by atoms with van der Waals surface area (Å²) in [6, 6.07) is 15.1. The number of anilines is 3. The highest BCUT2D eigenvalue weighted by molar-refractivity contribution is 7.89. The maximum atomic E-state index is 12.3. The van der Waals surface area contributed by atoms with Crippen LogP contribution in [-0.4, -0.2) is 27.4 Å². The lowest BCUT2D eigenvalue weighted by Gasteiger charge is -2.28. The van der Waals surface area contributed by atoms with Crippen LogP contribution in [0.15, 0.2) is 65.2 Å². The van der Waals surface area contributed by atoms with Crippen LogP contribution in [0.1, 0.15) is 19.3 Å². The fourth-order valence-corrected chi connectivity index (χ4v) is 3.67. The van der Waals surface area contributed by atoms with Crippen molar-refractivity contribution in [3.05, 3.63) is 60.3 Å². The average molecular weight is 426 g/mol. The molecule has 0 saturated carbocycles. The van der Waals surface area contributed by atoms with E-state index >= 15 is 0 Å². The molecule has 156 valence electrons. The number of amides is 1. The van der Waals surface area contributed by atoms with E-state index in [1.807, 2.05) is 30.3 Å². The van der Waals surface area contributed by atoms with Gasteiger partial charge in [-0.1, -0.05) is 0 Å². The van der Waals surface area contributed by atoms with Crippen LogP contribution < -0.4 is 20.7 Å². The molecule has 2 aromatic carbocycles. The zero-order chi connectivity index (χ0) is 21.6. The van der Waals surface area contributed by atoms with Crippen LogP contribution in [0.5, 0.6) is 0 Å². The third-order valence-corrected chi connectivity index (χ3v) is 5.71. The molecule has 1 heterocycles. The maximum absolute atomic E-state index is 12.3. The fourth-order valence-electron chi connectivity index (χ4n) is 3.15. The summed E-state index contributed by atoms with van der Waals surface area (Å²) in [4.78, 5) is 14.6. The molecular formula is C21H23N5O3S. The lowest BCUT2D eigenvalue weighted by atomic mass is 10.1. The van der Waals surface area contributed by atoms with E-state index < -0.39 is 15.9 Å². The molecule has 8 nitrogen and oxygen atoms in total. The summed E-state index contributed by atoms with van der Waals surface area (Å²) in [7, 11) is -3.81. The number of nitriles is 1. The topological polar surface area (TPSA) is 128 Å². The van der Waals surface area contributed by atoms with Gasteiger partial charge in [0.1, 0.15) is 11.6 Å². The predicted octanol–water partition coefficient (Wildman–Crippen LogP) is 2.78. The van der Waals surface area contributed by atoms with Crippen molar-refractivity contribution in [3.8, 4) is 6.07 Å². The number of piperidine rings is 1. The number of hydrogen-bond donors (Lipinski definition) is 3. The van der Waals surface area contributed by atoms with E-state index in [-0.39, 0.29) is 10.5 Å². The van der Waals surface area contributed by atoms with Gasteiger partial charge in [0, 0.05) is 36.4 Å². The van der Waals surface area contributed by atoms with Crippen LogP contribution in [0, 0.1) is 11.3 Å². The van der Waals surface area contributed by atoms with Gasteiger partial charge in [-0.05, 0) is 67.8 Å². The van der Waals surface area contributed by atoms with Crippen LogP contribution in [0.4, 0.5) is 17.1 Å². The Bertz CT molecular complexity index is 1070. The van der Waals surface area contributed by atoms with Crippen LogP contribution in [0.25, 0.3) is 0 Å². The summed E-state index contributed by atoms with van der Waals surface area (Å²) in [5.74, 6) is -0.613. The molecule has 1 aliphatic rings. The van der Waals surface area contributed by atoms with E-state index in [2.05, 4.69) is 15.5 Å². The minimum Gasteiger partial charge on any atom is -0.372 e. The Hall–Kier alpha value is -3.35. The Labute approximate surface area is 176 Å². The third-order valence-electron chi connectivity index (χ3n) is 4.78. The molecule has 0 aromatic heterocycles. The number of carbonyl (C=O) groups is 1. The highest BCUT2D eigenvalue weighted by Crippen LogP contribution is 2.22. The second kappa shape index (κ2) is 9.43. The van der Waals surface area contributed by atoms with E-state index in [1.165, 1.54) is 49.7 Å². The first-order valence-corrected chi connectivity index (χ1v) is 11.1. The zero-order valence-electron chi connectivity index (χ0n) is 16.3. The Morgan fingerprint density at radius 2 is 1.60 bits per heavy atom. The standard InChI is InChI=1S/C21H23N5O3S/c22-14-16(21(27)25-18-6-10-20(11-7-18)30(23,28)29)15-24-17-4-8-19(9-5-17)26-12-2-1-3-13-26/h4-11,15,24H,1-3,12-13H2,(H,25,27)(H2,23,28,29)/b16-15-. The largest absolute Gasteiger partial charge is 0.372 e. The fraction of sp³-hybridized carbons (Fsp3) is 0.238. The van der Waals surface area contributed by atoms with Gasteiger partial charge in [-0.15, -0.1) is 0 Å². The molecule has 0 atom stereocenters. The molecule has 0 aliphatic carbocycles. The summed E-state index contributed by atoms with van der Waals surface area (Å²) in [6.45, 7) is 2.12. The van der Waals surface area contributed by atoms with Gasteiger partial charge < -0.3 is 15.5 Å². The minimum absolute atomic E-state index is 0.0637. The van der Waals surface area contributed by atoms with Crippen molar-refractivity contribution in [2.24, 2.45) is 5.14 Å². The van der Waals surface area contributed by atoms with E-state index in [4.69, 9.17) is 5.14 Å². The van der Waals surface area contributed by atoms with Crippen molar-refractivity contribution in [2.45, 2.75) is 24.2 Å². The average Bonchev–Trinajstić information content (AvgIpc) is 2.75. The molecule has 2 aromatic rings. The summed E-state index contributed by atoms with van der Waals surface area (Å²) < 4.78 is 22.6. The van der Waals surface area contributed by atoms with Crippen LogP contribution in [0.3, 0.4) is 0 Å². The molecule has 0 unspecified atom stereocenters. The highest BCUT2D eigenvalue weighted by Gasteiger charge is 2.12. The van der Waals surface area contributed by atoms with E-state index in [0.717, 1.165) is 24.5 Å². The molecule has 3 rings (SSSR count). The van der Waals surface area contributed by atoms with Crippen LogP contribution in [0.2, 0.25) is 0 Å². The van der Waals surface area contributed by atoms with E-state index in [1.54, 1.807) is 0 Å². The van der Waals surface area contributed by atoms with Gasteiger partial charge in [0.2, 0.25) is 10.0 Å². The van der Waals surface area contributed by atoms with Gasteiger partial charge in [0.25, 0.3) is 5.91 Å². The van der Waals surface area contributed by atoms with Crippen LogP contribution in [-0.2, 0) is 14.8 Å². The number of nitrogens with one attached hydrogen (secondary N) is 2. The monoisotopic (exact) mass is 425 g/mol. The molecule has 30 heavy (non-hydrogen) atoms. The van der Waals surface area contributed by atoms with Crippen molar-refractivity contribution in [1.82, 2.24) is 0 Å². The highest BCUT2D eigenvalue weighted by atomic mass is 32.2. The summed E-state index contributed by atoms with van der Waals surface area (Å²) in [6.07, 6.45) is 5.02. The van der Waals surface area contributed by atoms with Gasteiger partial charge in [-0.2, -0.15) is 5.26 Å². The number of nitrogens with two attached hydrogens (primary N) is 1. The van der Waals surface area contributed by atoms with Crippen molar-refractivity contribution >= 4 is 33.0 Å². The van der Waals surface area contributed by atoms with Gasteiger partial charge in [0.15, 0.2) is 0 Å². The molecule has 1 amide bonds. The molecule has 0 spiro atoms. The molecule has 1 aliphatic heterocycles. The number of rotatable bonds is 6. The quantitative estimate of drug-likeness (QED) is 0.482. The van der Waals surface area contributed by atoms with Gasteiger partial charge in [-0.3, -0.25) is 4.79 Å². The molecule has 0 bridgehead atoms. The first-order valence-electron chi connectivity index (χ1n) is 9.53. The predicted molar refractivity (Wildman–Crippen MR) is 116 cm³/mol. The molecule has 1 fully saturated rings. The van der Waals surface area contributed by atoms with Gasteiger partial charge in [0.05, 0.1) is 4.90 Å². The number of primary sulfonamides is 1. The van der Waals surface area contributed by atoms with Crippen molar-refractivity contribution < 1.29 is 13.2 Å². The second-order valence-corrected chi connectivity index (χ2v) is 8.49. The first-order chi connectivity index (χ1) is 14.4. The SMILES string of the molecule is N#C/C(=C/Nc1ccc(N2CCCCC2)cc1)C(=O)Nc1ccc(S(N)(=O)=O)cc1. The number of carbonyl (C=O) groups excluding carboxylic acids is 1. The van der Waals surface area contributed by atoms with Crippen molar-refractivity contribution in [1.29, 1.82) is 5.26 Å². The third kappa shape index (κ3) is 5.59. The van der Waals surface area contributed by atoms with Gasteiger partial charge in [-0.25, -0.2) is 13.6 Å². The second-order valence-electron chi connectivity index (χ2n) is 6.93.